The van der Waals surface area contributed by atoms with Crippen molar-refractivity contribution in [1.82, 2.24) is 14.7 Å². The summed E-state index contributed by atoms with van der Waals surface area (Å²) in [5.41, 5.74) is 0.355. The first-order valence-electron chi connectivity index (χ1n) is 8.85. The highest BCUT2D eigenvalue weighted by molar-refractivity contribution is 6.42. The first kappa shape index (κ1) is 20.3. The van der Waals surface area contributed by atoms with Gasteiger partial charge in [-0.1, -0.05) is 29.3 Å². The van der Waals surface area contributed by atoms with Gasteiger partial charge in [0.25, 0.3) is 5.91 Å². The molecule has 0 aliphatic carbocycles. The average Bonchev–Trinajstić information content (AvgIpc) is 3.38. The number of carbonyl (C=O) groups is 1. The monoisotopic (exact) mass is 421 g/mol. The molecule has 28 heavy (non-hydrogen) atoms. The van der Waals surface area contributed by atoms with E-state index in [9.17, 15) is 4.79 Å². The highest BCUT2D eigenvalue weighted by atomic mass is 35.5. The number of rotatable bonds is 8. The second kappa shape index (κ2) is 9.17. The molecule has 1 atom stereocenters. The van der Waals surface area contributed by atoms with Gasteiger partial charge >= 0.3 is 0 Å². The Hall–Kier alpha value is -2.44. The summed E-state index contributed by atoms with van der Waals surface area (Å²) in [4.78, 5) is 14.4. The normalized spacial score (nSPS) is 12.0. The Balaban J connectivity index is 1.56. The predicted octanol–water partition coefficient (Wildman–Crippen LogP) is 4.91. The van der Waals surface area contributed by atoms with Crippen molar-refractivity contribution in [1.29, 1.82) is 0 Å². The number of aryl methyl sites for hydroxylation is 1. The lowest BCUT2D eigenvalue weighted by Crippen LogP contribution is -2.35. The Bertz CT molecular complexity index is 925. The Morgan fingerprint density at radius 1 is 1.29 bits per heavy atom. The Morgan fingerprint density at radius 2 is 2.11 bits per heavy atom. The zero-order chi connectivity index (χ0) is 20.1. The van der Waals surface area contributed by atoms with Crippen molar-refractivity contribution in [3.63, 3.8) is 0 Å². The number of hydrogen-bond donors (Lipinski definition) is 0. The highest BCUT2D eigenvalue weighted by Gasteiger charge is 2.20. The van der Waals surface area contributed by atoms with E-state index < -0.39 is 0 Å². The van der Waals surface area contributed by atoms with Gasteiger partial charge in [0.2, 0.25) is 0 Å². The maximum Gasteiger partial charge on any atom is 0.274 e. The van der Waals surface area contributed by atoms with E-state index in [4.69, 9.17) is 32.4 Å². The molecular weight excluding hydrogens is 401 g/mol. The third-order valence-corrected chi connectivity index (χ3v) is 5.30. The van der Waals surface area contributed by atoms with Crippen LogP contribution in [-0.4, -0.2) is 33.7 Å². The molecule has 3 rings (SSSR count). The van der Waals surface area contributed by atoms with E-state index in [1.807, 2.05) is 19.1 Å². The van der Waals surface area contributed by atoms with Gasteiger partial charge in [0.1, 0.15) is 16.5 Å². The molecule has 0 fully saturated rings. The van der Waals surface area contributed by atoms with Crippen molar-refractivity contribution in [2.75, 3.05) is 7.05 Å². The molecule has 8 heteroatoms. The number of amides is 1. The van der Waals surface area contributed by atoms with Crippen molar-refractivity contribution in [2.24, 2.45) is 0 Å². The molecule has 0 bridgehead atoms. The smallest absolute Gasteiger partial charge is 0.274 e. The molecule has 0 radical (unpaired) electrons. The maximum absolute atomic E-state index is 12.7. The van der Waals surface area contributed by atoms with Gasteiger partial charge in [-0.05, 0) is 43.7 Å². The van der Waals surface area contributed by atoms with Gasteiger partial charge in [0.05, 0.1) is 11.3 Å². The van der Waals surface area contributed by atoms with Crippen LogP contribution in [0.2, 0.25) is 10.0 Å². The number of ether oxygens (including phenoxy) is 1. The fraction of sp³-hybridized carbons (Fsp3) is 0.300. The summed E-state index contributed by atoms with van der Waals surface area (Å²) >= 11 is 12.1. The van der Waals surface area contributed by atoms with E-state index in [-0.39, 0.29) is 18.7 Å². The topological polar surface area (TPSA) is 60.5 Å². The quantitative estimate of drug-likeness (QED) is 0.518. The molecule has 2 heterocycles. The molecule has 0 aliphatic rings. The lowest BCUT2D eigenvalue weighted by atomic mass is 10.1. The van der Waals surface area contributed by atoms with Crippen LogP contribution < -0.4 is 4.74 Å². The average molecular weight is 422 g/mol. The van der Waals surface area contributed by atoms with Crippen LogP contribution in [0.15, 0.2) is 53.3 Å². The van der Waals surface area contributed by atoms with E-state index in [1.165, 1.54) is 4.68 Å². The lowest BCUT2D eigenvalue weighted by Gasteiger charge is -2.23. The molecule has 0 spiro atoms. The van der Waals surface area contributed by atoms with Crippen molar-refractivity contribution < 1.29 is 13.9 Å². The summed E-state index contributed by atoms with van der Waals surface area (Å²) in [6, 6.07) is 10.7. The van der Waals surface area contributed by atoms with E-state index >= 15 is 0 Å². The second-order valence-electron chi connectivity index (χ2n) is 6.45. The number of nitrogens with zero attached hydrogens (tertiary/aromatic N) is 3. The van der Waals surface area contributed by atoms with Gasteiger partial charge in [-0.2, -0.15) is 5.10 Å². The minimum Gasteiger partial charge on any atom is -0.470 e. The third-order valence-electron chi connectivity index (χ3n) is 4.50. The van der Waals surface area contributed by atoms with Gasteiger partial charge in [0.15, 0.2) is 12.4 Å². The summed E-state index contributed by atoms with van der Waals surface area (Å²) in [5, 5.41) is 5.06. The Labute approximate surface area is 173 Å². The summed E-state index contributed by atoms with van der Waals surface area (Å²) in [5.74, 6) is 1.22. The van der Waals surface area contributed by atoms with Gasteiger partial charge in [-0.25, -0.2) is 4.68 Å². The number of carbonyl (C=O) groups excluding carboxylic acids is 1. The summed E-state index contributed by atoms with van der Waals surface area (Å²) in [7, 11) is 1.77. The van der Waals surface area contributed by atoms with Crippen LogP contribution in [-0.2, 0) is 13.2 Å². The van der Waals surface area contributed by atoms with Crippen molar-refractivity contribution in [2.45, 2.75) is 32.5 Å². The molecule has 6 nitrogen and oxygen atoms in total. The zero-order valence-corrected chi connectivity index (χ0v) is 17.2. The molecule has 0 N–H and O–H groups in total. The summed E-state index contributed by atoms with van der Waals surface area (Å²) < 4.78 is 12.5. The molecule has 0 saturated heterocycles. The van der Waals surface area contributed by atoms with E-state index in [0.717, 1.165) is 18.6 Å². The first-order chi connectivity index (χ1) is 13.5. The van der Waals surface area contributed by atoms with Crippen LogP contribution in [0.4, 0.5) is 0 Å². The zero-order valence-electron chi connectivity index (χ0n) is 15.6. The van der Waals surface area contributed by atoms with Crippen LogP contribution in [0, 0.1) is 0 Å². The molecule has 148 valence electrons. The molecular formula is C20H21Cl2N3O3. The number of aromatic nitrogens is 2. The maximum atomic E-state index is 12.7. The molecule has 1 unspecified atom stereocenters. The lowest BCUT2D eigenvalue weighted by molar-refractivity contribution is 0.0728. The minimum absolute atomic E-state index is 0.0456. The van der Waals surface area contributed by atoms with Crippen molar-refractivity contribution in [3.8, 4) is 5.75 Å². The first-order valence-corrected chi connectivity index (χ1v) is 9.61. The van der Waals surface area contributed by atoms with E-state index in [0.29, 0.717) is 21.5 Å². The standard InChI is InChI=1S/C20H21Cl2N3O3/c1-14(8-9-15-5-4-12-27-15)24(2)20(26)17-10-11-25(23-17)13-28-18-7-3-6-16(21)19(18)22/h3-7,10-12,14H,8-9,13H2,1-2H3. The van der Waals surface area contributed by atoms with Gasteiger partial charge in [-0.3, -0.25) is 4.79 Å². The van der Waals surface area contributed by atoms with Gasteiger partial charge in [-0.15, -0.1) is 0 Å². The number of furan rings is 1. The molecule has 0 saturated carbocycles. The minimum atomic E-state index is -0.147. The van der Waals surface area contributed by atoms with Gasteiger partial charge in [0, 0.05) is 25.7 Å². The van der Waals surface area contributed by atoms with Crippen molar-refractivity contribution >= 4 is 29.1 Å². The Kier molecular flexibility index (Phi) is 6.65. The summed E-state index contributed by atoms with van der Waals surface area (Å²) in [6.45, 7) is 2.12. The van der Waals surface area contributed by atoms with Crippen LogP contribution in [0.3, 0.4) is 0 Å². The van der Waals surface area contributed by atoms with Crippen LogP contribution >= 0.6 is 23.2 Å². The number of halogens is 2. The highest BCUT2D eigenvalue weighted by Crippen LogP contribution is 2.31. The summed E-state index contributed by atoms with van der Waals surface area (Å²) in [6.07, 6.45) is 4.91. The third kappa shape index (κ3) is 4.88. The molecule has 1 amide bonds. The molecule has 2 aromatic heterocycles. The molecule has 1 aromatic carbocycles. The van der Waals surface area contributed by atoms with Crippen LogP contribution in [0.1, 0.15) is 29.6 Å². The van der Waals surface area contributed by atoms with Crippen molar-refractivity contribution in [3.05, 3.63) is 70.4 Å². The SMILES string of the molecule is CC(CCc1ccco1)N(C)C(=O)c1ccn(COc2cccc(Cl)c2Cl)n1. The Morgan fingerprint density at radius 3 is 2.86 bits per heavy atom. The fourth-order valence-corrected chi connectivity index (χ4v) is 3.01. The van der Waals surface area contributed by atoms with E-state index in [1.54, 1.807) is 48.7 Å². The molecule has 3 aromatic rings. The fourth-order valence-electron chi connectivity index (χ4n) is 2.66. The number of hydrogen-bond acceptors (Lipinski definition) is 4. The second-order valence-corrected chi connectivity index (χ2v) is 7.23. The van der Waals surface area contributed by atoms with Crippen LogP contribution in [0.5, 0.6) is 5.75 Å². The van der Waals surface area contributed by atoms with Gasteiger partial charge < -0.3 is 14.1 Å². The number of benzene rings is 1. The molecule has 0 aliphatic heterocycles. The largest absolute Gasteiger partial charge is 0.470 e. The van der Waals surface area contributed by atoms with Crippen LogP contribution in [0.25, 0.3) is 0 Å². The predicted molar refractivity (Wildman–Crippen MR) is 108 cm³/mol. The van der Waals surface area contributed by atoms with E-state index in [2.05, 4.69) is 5.10 Å².